The zero-order valence-electron chi connectivity index (χ0n) is 9.06. The SMILES string of the molecule is O=C(O)c1ccc(Cl)c(Cl)c1Sc1ccccc1. The zero-order chi connectivity index (χ0) is 13.1. The standard InChI is InChI=1S/C13H8Cl2O2S/c14-10-7-6-9(13(16)17)12(11(10)15)18-8-4-2-1-3-5-8/h1-7H,(H,16,17). The maximum atomic E-state index is 11.2. The third kappa shape index (κ3) is 2.80. The number of hydrogen-bond donors (Lipinski definition) is 1. The fourth-order valence-corrected chi connectivity index (χ4v) is 2.89. The van der Waals surface area contributed by atoms with Gasteiger partial charge in [0.1, 0.15) is 0 Å². The van der Waals surface area contributed by atoms with E-state index in [1.165, 1.54) is 23.9 Å². The molecule has 92 valence electrons. The number of rotatable bonds is 3. The van der Waals surface area contributed by atoms with E-state index in [0.717, 1.165) is 4.90 Å². The molecule has 0 radical (unpaired) electrons. The first-order valence-electron chi connectivity index (χ1n) is 5.04. The highest BCUT2D eigenvalue weighted by molar-refractivity contribution is 7.99. The molecule has 0 unspecified atom stereocenters. The molecule has 0 atom stereocenters. The smallest absolute Gasteiger partial charge is 0.336 e. The van der Waals surface area contributed by atoms with Crippen LogP contribution >= 0.6 is 35.0 Å². The summed E-state index contributed by atoms with van der Waals surface area (Å²) in [5.41, 5.74) is 0.151. The van der Waals surface area contributed by atoms with E-state index < -0.39 is 5.97 Å². The van der Waals surface area contributed by atoms with Crippen molar-refractivity contribution < 1.29 is 9.90 Å². The van der Waals surface area contributed by atoms with Crippen LogP contribution in [-0.4, -0.2) is 11.1 Å². The summed E-state index contributed by atoms with van der Waals surface area (Å²) < 4.78 is 0. The molecule has 18 heavy (non-hydrogen) atoms. The molecule has 0 spiro atoms. The maximum Gasteiger partial charge on any atom is 0.336 e. The summed E-state index contributed by atoms with van der Waals surface area (Å²) in [5.74, 6) is -1.02. The van der Waals surface area contributed by atoms with E-state index in [1.54, 1.807) is 0 Å². The van der Waals surface area contributed by atoms with E-state index in [-0.39, 0.29) is 10.6 Å². The summed E-state index contributed by atoms with van der Waals surface area (Å²) in [6, 6.07) is 12.4. The molecule has 0 saturated carbocycles. The quantitative estimate of drug-likeness (QED) is 0.881. The maximum absolute atomic E-state index is 11.2. The van der Waals surface area contributed by atoms with Gasteiger partial charge in [-0.1, -0.05) is 53.2 Å². The van der Waals surface area contributed by atoms with Gasteiger partial charge in [0, 0.05) is 9.79 Å². The molecule has 0 fully saturated rings. The Labute approximate surface area is 119 Å². The van der Waals surface area contributed by atoms with Crippen molar-refractivity contribution in [2.24, 2.45) is 0 Å². The van der Waals surface area contributed by atoms with Gasteiger partial charge in [0.15, 0.2) is 0 Å². The highest BCUT2D eigenvalue weighted by Crippen LogP contribution is 2.39. The van der Waals surface area contributed by atoms with Gasteiger partial charge in [-0.15, -0.1) is 0 Å². The van der Waals surface area contributed by atoms with Crippen molar-refractivity contribution >= 4 is 40.9 Å². The molecule has 0 bridgehead atoms. The molecule has 2 nitrogen and oxygen atoms in total. The third-order valence-electron chi connectivity index (χ3n) is 2.24. The molecule has 2 aromatic rings. The number of hydrogen-bond acceptors (Lipinski definition) is 2. The Hall–Kier alpha value is -1.16. The fraction of sp³-hybridized carbons (Fsp3) is 0. The second-order valence-corrected chi connectivity index (χ2v) is 5.33. The van der Waals surface area contributed by atoms with Crippen molar-refractivity contribution in [1.82, 2.24) is 0 Å². The Morgan fingerprint density at radius 1 is 1.06 bits per heavy atom. The van der Waals surface area contributed by atoms with Gasteiger partial charge >= 0.3 is 5.97 Å². The lowest BCUT2D eigenvalue weighted by atomic mass is 10.2. The number of carbonyl (C=O) groups is 1. The van der Waals surface area contributed by atoms with Crippen LogP contribution < -0.4 is 0 Å². The van der Waals surface area contributed by atoms with E-state index in [0.29, 0.717) is 9.92 Å². The first-order valence-corrected chi connectivity index (χ1v) is 6.61. The lowest BCUT2D eigenvalue weighted by Gasteiger charge is -2.09. The highest BCUT2D eigenvalue weighted by atomic mass is 35.5. The predicted molar refractivity (Wildman–Crippen MR) is 74.0 cm³/mol. The van der Waals surface area contributed by atoms with Gasteiger partial charge in [-0.2, -0.15) is 0 Å². The largest absolute Gasteiger partial charge is 0.478 e. The molecule has 0 saturated heterocycles. The van der Waals surface area contributed by atoms with Crippen LogP contribution in [0.3, 0.4) is 0 Å². The Bertz CT molecular complexity index is 585. The van der Waals surface area contributed by atoms with Crippen LogP contribution in [0.15, 0.2) is 52.3 Å². The number of benzene rings is 2. The molecule has 0 amide bonds. The number of aromatic carboxylic acids is 1. The van der Waals surface area contributed by atoms with Gasteiger partial charge in [0.25, 0.3) is 0 Å². The second-order valence-electron chi connectivity index (χ2n) is 3.46. The monoisotopic (exact) mass is 298 g/mol. The summed E-state index contributed by atoms with van der Waals surface area (Å²) in [6.45, 7) is 0. The van der Waals surface area contributed by atoms with E-state index in [9.17, 15) is 4.79 Å². The van der Waals surface area contributed by atoms with Crippen molar-refractivity contribution in [3.05, 3.63) is 58.1 Å². The molecule has 0 heterocycles. The van der Waals surface area contributed by atoms with Crippen LogP contribution in [0.2, 0.25) is 10.0 Å². The second kappa shape index (κ2) is 5.65. The minimum Gasteiger partial charge on any atom is -0.478 e. The van der Waals surface area contributed by atoms with Crippen LogP contribution in [0, 0.1) is 0 Å². The number of halogens is 2. The first kappa shape index (κ1) is 13.3. The summed E-state index contributed by atoms with van der Waals surface area (Å²) in [6.07, 6.45) is 0. The molecular weight excluding hydrogens is 291 g/mol. The lowest BCUT2D eigenvalue weighted by molar-refractivity contribution is 0.0693. The van der Waals surface area contributed by atoms with Gasteiger partial charge in [-0.25, -0.2) is 4.79 Å². The van der Waals surface area contributed by atoms with Crippen molar-refractivity contribution in [1.29, 1.82) is 0 Å². The van der Waals surface area contributed by atoms with Gasteiger partial charge < -0.3 is 5.11 Å². The normalized spacial score (nSPS) is 10.3. The Morgan fingerprint density at radius 3 is 2.33 bits per heavy atom. The van der Waals surface area contributed by atoms with Crippen molar-refractivity contribution in [3.8, 4) is 0 Å². The van der Waals surface area contributed by atoms with Gasteiger partial charge in [-0.3, -0.25) is 0 Å². The van der Waals surface area contributed by atoms with E-state index in [2.05, 4.69) is 0 Å². The summed E-state index contributed by atoms with van der Waals surface area (Å²) in [4.78, 5) is 12.5. The van der Waals surface area contributed by atoms with Crippen molar-refractivity contribution in [2.75, 3.05) is 0 Å². The summed E-state index contributed by atoms with van der Waals surface area (Å²) in [5, 5.41) is 9.76. The summed E-state index contributed by atoms with van der Waals surface area (Å²) >= 11 is 13.3. The van der Waals surface area contributed by atoms with Gasteiger partial charge in [0.05, 0.1) is 15.6 Å². The molecule has 0 aliphatic rings. The average Bonchev–Trinajstić information content (AvgIpc) is 2.36. The molecule has 5 heteroatoms. The van der Waals surface area contributed by atoms with Crippen LogP contribution in [0.25, 0.3) is 0 Å². The Kier molecular flexibility index (Phi) is 4.17. The van der Waals surface area contributed by atoms with Gasteiger partial charge in [-0.05, 0) is 24.3 Å². The first-order chi connectivity index (χ1) is 8.59. The number of carboxylic acid groups (broad SMARTS) is 1. The number of carboxylic acids is 1. The molecule has 0 aromatic heterocycles. The zero-order valence-corrected chi connectivity index (χ0v) is 11.4. The molecule has 1 N–H and O–H groups in total. The predicted octanol–water partition coefficient (Wildman–Crippen LogP) is 4.84. The van der Waals surface area contributed by atoms with E-state index in [1.807, 2.05) is 30.3 Å². The Morgan fingerprint density at radius 2 is 1.72 bits per heavy atom. The fourth-order valence-electron chi connectivity index (χ4n) is 1.41. The Balaban J connectivity index is 2.48. The lowest BCUT2D eigenvalue weighted by Crippen LogP contribution is -1.99. The third-order valence-corrected chi connectivity index (χ3v) is 4.30. The average molecular weight is 299 g/mol. The van der Waals surface area contributed by atoms with E-state index >= 15 is 0 Å². The van der Waals surface area contributed by atoms with Crippen molar-refractivity contribution in [3.63, 3.8) is 0 Å². The van der Waals surface area contributed by atoms with Gasteiger partial charge in [0.2, 0.25) is 0 Å². The summed E-state index contributed by atoms with van der Waals surface area (Å²) in [7, 11) is 0. The molecule has 0 aliphatic carbocycles. The van der Waals surface area contributed by atoms with Crippen molar-refractivity contribution in [2.45, 2.75) is 9.79 Å². The minimum atomic E-state index is -1.02. The topological polar surface area (TPSA) is 37.3 Å². The van der Waals surface area contributed by atoms with Crippen LogP contribution in [0.1, 0.15) is 10.4 Å². The molecular formula is C13H8Cl2O2S. The van der Waals surface area contributed by atoms with Crippen LogP contribution in [-0.2, 0) is 0 Å². The molecule has 2 aromatic carbocycles. The molecule has 2 rings (SSSR count). The van der Waals surface area contributed by atoms with E-state index in [4.69, 9.17) is 28.3 Å². The molecule has 0 aliphatic heterocycles. The highest BCUT2D eigenvalue weighted by Gasteiger charge is 2.16. The van der Waals surface area contributed by atoms with Crippen LogP contribution in [0.5, 0.6) is 0 Å². The van der Waals surface area contributed by atoms with Crippen LogP contribution in [0.4, 0.5) is 0 Å². The minimum absolute atomic E-state index is 0.151.